The molecule has 0 saturated heterocycles. The second-order valence-corrected chi connectivity index (χ2v) is 4.32. The van der Waals surface area contributed by atoms with Crippen LogP contribution in [0.2, 0.25) is 5.02 Å². The molecule has 0 radical (unpaired) electrons. The van der Waals surface area contributed by atoms with E-state index >= 15 is 0 Å². The Labute approximate surface area is 110 Å². The van der Waals surface area contributed by atoms with Gasteiger partial charge in [-0.1, -0.05) is 48.0 Å². The summed E-state index contributed by atoms with van der Waals surface area (Å²) in [4.78, 5) is 0. The lowest BCUT2D eigenvalue weighted by atomic mass is 10.1. The van der Waals surface area contributed by atoms with Gasteiger partial charge in [-0.2, -0.15) is 0 Å². The molecule has 2 aromatic rings. The normalized spacial score (nSPS) is 12.2. The minimum atomic E-state index is -0.690. The summed E-state index contributed by atoms with van der Waals surface area (Å²) in [5.74, 6) is -0.501. The third kappa shape index (κ3) is 3.00. The Morgan fingerprint density at radius 2 is 1.83 bits per heavy atom. The van der Waals surface area contributed by atoms with Gasteiger partial charge in [0.2, 0.25) is 0 Å². The first-order chi connectivity index (χ1) is 8.68. The van der Waals surface area contributed by atoms with Crippen LogP contribution >= 0.6 is 11.6 Å². The first kappa shape index (κ1) is 12.9. The average Bonchev–Trinajstić information content (AvgIpc) is 2.41. The number of aliphatic hydroxyl groups excluding tert-OH is 1. The lowest BCUT2D eigenvalue weighted by Crippen LogP contribution is -2.12. The van der Waals surface area contributed by atoms with Crippen LogP contribution in [0.15, 0.2) is 48.5 Å². The summed E-state index contributed by atoms with van der Waals surface area (Å²) in [7, 11) is 0. The lowest BCUT2D eigenvalue weighted by molar-refractivity contribution is 0.191. The van der Waals surface area contributed by atoms with Crippen molar-refractivity contribution in [3.8, 4) is 0 Å². The molecule has 1 unspecified atom stereocenters. The molecule has 0 amide bonds. The van der Waals surface area contributed by atoms with E-state index in [1.807, 2.05) is 30.3 Å². The summed E-state index contributed by atoms with van der Waals surface area (Å²) in [6.45, 7) is 0.223. The number of anilines is 1. The van der Waals surface area contributed by atoms with Gasteiger partial charge in [0.05, 0.1) is 16.8 Å². The smallest absolute Gasteiger partial charge is 0.164 e. The number of hydrogen-bond acceptors (Lipinski definition) is 2. The Morgan fingerprint density at radius 3 is 2.56 bits per heavy atom. The van der Waals surface area contributed by atoms with Gasteiger partial charge in [-0.3, -0.25) is 0 Å². The summed E-state index contributed by atoms with van der Waals surface area (Å²) in [6.07, 6.45) is -0.690. The predicted molar refractivity (Wildman–Crippen MR) is 71.3 cm³/mol. The van der Waals surface area contributed by atoms with Crippen molar-refractivity contribution in [2.24, 2.45) is 0 Å². The van der Waals surface area contributed by atoms with Gasteiger partial charge in [-0.25, -0.2) is 4.39 Å². The molecular weight excluding hydrogens is 253 g/mol. The Kier molecular flexibility index (Phi) is 4.18. The molecule has 0 aliphatic rings. The standard InChI is InChI=1S/C14H13ClFNO/c15-11-7-4-8-12(14(11)16)17-9-13(18)10-5-2-1-3-6-10/h1-8,13,17-18H,9H2. The van der Waals surface area contributed by atoms with E-state index < -0.39 is 11.9 Å². The molecule has 0 aromatic heterocycles. The number of rotatable bonds is 4. The van der Waals surface area contributed by atoms with E-state index in [-0.39, 0.29) is 17.3 Å². The Bertz CT molecular complexity index is 518. The van der Waals surface area contributed by atoms with E-state index in [1.54, 1.807) is 12.1 Å². The van der Waals surface area contributed by atoms with Crippen molar-refractivity contribution in [3.05, 3.63) is 64.9 Å². The van der Waals surface area contributed by atoms with Crippen LogP contribution in [-0.2, 0) is 0 Å². The van der Waals surface area contributed by atoms with Crippen molar-refractivity contribution >= 4 is 17.3 Å². The topological polar surface area (TPSA) is 32.3 Å². The summed E-state index contributed by atoms with van der Waals surface area (Å²) in [5, 5.41) is 12.8. The highest BCUT2D eigenvalue weighted by Gasteiger charge is 2.09. The van der Waals surface area contributed by atoms with E-state index in [4.69, 9.17) is 11.6 Å². The van der Waals surface area contributed by atoms with E-state index in [0.717, 1.165) is 5.56 Å². The van der Waals surface area contributed by atoms with Gasteiger partial charge in [-0.15, -0.1) is 0 Å². The van der Waals surface area contributed by atoms with Crippen molar-refractivity contribution in [1.29, 1.82) is 0 Å². The molecular formula is C14H13ClFNO. The second kappa shape index (κ2) is 5.85. The zero-order valence-electron chi connectivity index (χ0n) is 9.61. The number of benzene rings is 2. The minimum Gasteiger partial charge on any atom is -0.387 e. The van der Waals surface area contributed by atoms with E-state index in [1.165, 1.54) is 6.07 Å². The van der Waals surface area contributed by atoms with Gasteiger partial charge < -0.3 is 10.4 Å². The molecule has 0 heterocycles. The predicted octanol–water partition coefficient (Wildman–Crippen LogP) is 3.62. The Morgan fingerprint density at radius 1 is 1.11 bits per heavy atom. The molecule has 1 atom stereocenters. The fourth-order valence-electron chi connectivity index (χ4n) is 1.64. The summed E-state index contributed by atoms with van der Waals surface area (Å²) >= 11 is 5.67. The zero-order chi connectivity index (χ0) is 13.0. The SMILES string of the molecule is OC(CNc1cccc(Cl)c1F)c1ccccc1. The van der Waals surface area contributed by atoms with Crippen molar-refractivity contribution in [1.82, 2.24) is 0 Å². The minimum absolute atomic E-state index is 0.0641. The summed E-state index contributed by atoms with van der Waals surface area (Å²) in [6, 6.07) is 13.9. The highest BCUT2D eigenvalue weighted by molar-refractivity contribution is 6.31. The molecule has 0 aliphatic heterocycles. The van der Waals surface area contributed by atoms with Gasteiger partial charge in [-0.05, 0) is 17.7 Å². The van der Waals surface area contributed by atoms with Gasteiger partial charge in [0.25, 0.3) is 0 Å². The fourth-order valence-corrected chi connectivity index (χ4v) is 1.81. The van der Waals surface area contributed by atoms with E-state index in [0.29, 0.717) is 0 Å². The van der Waals surface area contributed by atoms with Crippen molar-refractivity contribution in [2.45, 2.75) is 6.10 Å². The third-order valence-corrected chi connectivity index (χ3v) is 2.91. The van der Waals surface area contributed by atoms with Crippen LogP contribution in [0.1, 0.15) is 11.7 Å². The van der Waals surface area contributed by atoms with Crippen LogP contribution in [0.5, 0.6) is 0 Å². The van der Waals surface area contributed by atoms with E-state index in [9.17, 15) is 9.50 Å². The summed E-state index contributed by atoms with van der Waals surface area (Å²) < 4.78 is 13.6. The molecule has 0 fully saturated rings. The third-order valence-electron chi connectivity index (χ3n) is 2.62. The van der Waals surface area contributed by atoms with Crippen LogP contribution in [0.4, 0.5) is 10.1 Å². The van der Waals surface area contributed by atoms with Crippen LogP contribution in [0.25, 0.3) is 0 Å². The molecule has 2 nitrogen and oxygen atoms in total. The molecule has 2 N–H and O–H groups in total. The van der Waals surface area contributed by atoms with Crippen molar-refractivity contribution < 1.29 is 9.50 Å². The number of halogens is 2. The second-order valence-electron chi connectivity index (χ2n) is 3.91. The Balaban J connectivity index is 2.02. The molecule has 18 heavy (non-hydrogen) atoms. The molecule has 94 valence electrons. The van der Waals surface area contributed by atoms with Crippen LogP contribution in [-0.4, -0.2) is 11.7 Å². The highest BCUT2D eigenvalue weighted by Crippen LogP contribution is 2.23. The van der Waals surface area contributed by atoms with Crippen LogP contribution in [0.3, 0.4) is 0 Å². The Hall–Kier alpha value is -1.58. The van der Waals surface area contributed by atoms with Crippen molar-refractivity contribution in [3.63, 3.8) is 0 Å². The quantitative estimate of drug-likeness (QED) is 0.885. The van der Waals surface area contributed by atoms with Crippen LogP contribution < -0.4 is 5.32 Å². The van der Waals surface area contributed by atoms with Crippen LogP contribution in [0, 0.1) is 5.82 Å². The largest absolute Gasteiger partial charge is 0.387 e. The molecule has 0 aliphatic carbocycles. The zero-order valence-corrected chi connectivity index (χ0v) is 10.4. The molecule has 0 spiro atoms. The number of hydrogen-bond donors (Lipinski definition) is 2. The number of nitrogens with one attached hydrogen (secondary N) is 1. The lowest BCUT2D eigenvalue weighted by Gasteiger charge is -2.13. The maximum atomic E-state index is 13.6. The maximum Gasteiger partial charge on any atom is 0.164 e. The molecule has 0 bridgehead atoms. The average molecular weight is 266 g/mol. The van der Waals surface area contributed by atoms with Gasteiger partial charge in [0.15, 0.2) is 5.82 Å². The van der Waals surface area contributed by atoms with Gasteiger partial charge in [0.1, 0.15) is 0 Å². The molecule has 0 saturated carbocycles. The molecule has 4 heteroatoms. The first-order valence-electron chi connectivity index (χ1n) is 5.59. The van der Waals surface area contributed by atoms with Gasteiger partial charge in [0, 0.05) is 6.54 Å². The first-order valence-corrected chi connectivity index (χ1v) is 5.97. The molecule has 2 rings (SSSR count). The molecule has 2 aromatic carbocycles. The van der Waals surface area contributed by atoms with Crippen molar-refractivity contribution in [2.75, 3.05) is 11.9 Å². The monoisotopic (exact) mass is 265 g/mol. The highest BCUT2D eigenvalue weighted by atomic mass is 35.5. The summed E-state index contributed by atoms with van der Waals surface area (Å²) in [5.41, 5.74) is 1.07. The number of aliphatic hydroxyl groups is 1. The van der Waals surface area contributed by atoms with Gasteiger partial charge >= 0.3 is 0 Å². The van der Waals surface area contributed by atoms with E-state index in [2.05, 4.69) is 5.32 Å². The fraction of sp³-hybridized carbons (Fsp3) is 0.143. The maximum absolute atomic E-state index is 13.6.